The third kappa shape index (κ3) is 3.04. The summed E-state index contributed by atoms with van der Waals surface area (Å²) in [5.41, 5.74) is 6.28. The van der Waals surface area contributed by atoms with Crippen LogP contribution < -0.4 is 20.8 Å². The summed E-state index contributed by atoms with van der Waals surface area (Å²) in [5, 5.41) is 9.78. The predicted molar refractivity (Wildman–Crippen MR) is 104 cm³/mol. The molecule has 144 valence electrons. The molecule has 1 aliphatic heterocycles. The maximum atomic E-state index is 12.7. The van der Waals surface area contributed by atoms with Crippen LogP contribution in [0.3, 0.4) is 0 Å². The lowest BCUT2D eigenvalue weighted by atomic mass is 10.1. The van der Waals surface area contributed by atoms with Crippen LogP contribution >= 0.6 is 11.6 Å². The second kappa shape index (κ2) is 6.73. The van der Waals surface area contributed by atoms with Crippen molar-refractivity contribution in [1.82, 2.24) is 4.57 Å². The van der Waals surface area contributed by atoms with Crippen LogP contribution in [0.25, 0.3) is 10.9 Å². The lowest BCUT2D eigenvalue weighted by Crippen LogP contribution is -2.28. The average molecular weight is 392 g/mol. The Hall–Kier alpha value is -2.25. The number of alkyl halides is 1. The van der Waals surface area contributed by atoms with Gasteiger partial charge in [0.25, 0.3) is 0 Å². The molecular weight excluding hydrogens is 370 g/mol. The molecule has 7 nitrogen and oxygen atoms in total. The predicted octanol–water partition coefficient (Wildman–Crippen LogP) is 2.39. The smallest absolute Gasteiger partial charge is 0.341 e. The van der Waals surface area contributed by atoms with Gasteiger partial charge >= 0.3 is 5.97 Å². The molecule has 1 saturated carbocycles. The van der Waals surface area contributed by atoms with Crippen molar-refractivity contribution in [1.29, 1.82) is 0 Å². The van der Waals surface area contributed by atoms with E-state index in [1.54, 1.807) is 13.2 Å². The number of hydrogen-bond acceptors (Lipinski definition) is 5. The Kier molecular flexibility index (Phi) is 4.52. The minimum absolute atomic E-state index is 0.187. The third-order valence-electron chi connectivity index (χ3n) is 5.52. The molecule has 1 aliphatic carbocycles. The fourth-order valence-electron chi connectivity index (χ4n) is 3.92. The number of rotatable bonds is 5. The highest BCUT2D eigenvalue weighted by Gasteiger charge is 2.32. The van der Waals surface area contributed by atoms with E-state index in [0.717, 1.165) is 31.5 Å². The standard InChI is InChI=1S/C19H22ClN3O4/c1-27-17-14(22-7-6-10(8-22)18(20)21)5-4-12-15(17)23(11-2-3-11)9-13(16(12)24)19(25)26/h4-5,9-11,18H,2-3,6-8,21H2,1H3,(H,25,26). The van der Waals surface area contributed by atoms with Gasteiger partial charge in [0, 0.05) is 31.2 Å². The van der Waals surface area contributed by atoms with Gasteiger partial charge in [0.2, 0.25) is 5.43 Å². The minimum Gasteiger partial charge on any atom is -0.492 e. The van der Waals surface area contributed by atoms with E-state index in [1.807, 2.05) is 10.6 Å². The first-order chi connectivity index (χ1) is 12.9. The number of fused-ring (bicyclic) bond motifs is 1. The molecule has 0 amide bonds. The maximum Gasteiger partial charge on any atom is 0.341 e. The largest absolute Gasteiger partial charge is 0.492 e. The summed E-state index contributed by atoms with van der Waals surface area (Å²) in [7, 11) is 1.58. The van der Waals surface area contributed by atoms with Gasteiger partial charge in [0.05, 0.1) is 29.2 Å². The average Bonchev–Trinajstić information content (AvgIpc) is 3.36. The van der Waals surface area contributed by atoms with E-state index in [-0.39, 0.29) is 17.5 Å². The van der Waals surface area contributed by atoms with Crippen molar-refractivity contribution in [2.24, 2.45) is 11.7 Å². The number of carboxylic acid groups (broad SMARTS) is 1. The monoisotopic (exact) mass is 391 g/mol. The minimum atomic E-state index is -1.21. The topological polar surface area (TPSA) is 97.8 Å². The first kappa shape index (κ1) is 18.1. The number of anilines is 1. The number of ether oxygens (including phenoxy) is 1. The SMILES string of the molecule is COc1c(N2CCC(C(N)Cl)C2)ccc2c(=O)c(C(=O)O)cn(C3CC3)c12. The molecule has 2 aromatic rings. The number of hydrogen-bond donors (Lipinski definition) is 2. The summed E-state index contributed by atoms with van der Waals surface area (Å²) >= 11 is 6.07. The highest BCUT2D eigenvalue weighted by atomic mass is 35.5. The maximum absolute atomic E-state index is 12.7. The number of nitrogens with two attached hydrogens (primary N) is 1. The van der Waals surface area contributed by atoms with Gasteiger partial charge in [0.15, 0.2) is 5.75 Å². The molecule has 27 heavy (non-hydrogen) atoms. The molecule has 8 heteroatoms. The summed E-state index contributed by atoms with van der Waals surface area (Å²) in [6, 6.07) is 3.72. The highest BCUT2D eigenvalue weighted by Crippen LogP contribution is 2.43. The normalized spacial score (nSPS) is 20.9. The highest BCUT2D eigenvalue weighted by molar-refractivity contribution is 6.20. The number of carbonyl (C=O) groups is 1. The van der Waals surface area contributed by atoms with Crippen molar-refractivity contribution in [3.63, 3.8) is 0 Å². The molecule has 1 aromatic heterocycles. The number of pyridine rings is 1. The number of aromatic carboxylic acids is 1. The molecular formula is C19H22ClN3O4. The quantitative estimate of drug-likeness (QED) is 0.600. The van der Waals surface area contributed by atoms with Crippen molar-refractivity contribution >= 4 is 34.2 Å². The second-order valence-electron chi connectivity index (χ2n) is 7.27. The van der Waals surface area contributed by atoms with E-state index in [2.05, 4.69) is 4.90 Å². The van der Waals surface area contributed by atoms with E-state index >= 15 is 0 Å². The van der Waals surface area contributed by atoms with E-state index in [1.165, 1.54) is 6.20 Å². The second-order valence-corrected chi connectivity index (χ2v) is 7.77. The molecule has 0 bridgehead atoms. The molecule has 4 rings (SSSR count). The zero-order valence-electron chi connectivity index (χ0n) is 15.0. The number of carboxylic acids is 1. The zero-order valence-corrected chi connectivity index (χ0v) is 15.8. The van der Waals surface area contributed by atoms with Crippen molar-refractivity contribution in [3.05, 3.63) is 34.1 Å². The zero-order chi connectivity index (χ0) is 19.3. The fourth-order valence-corrected chi connectivity index (χ4v) is 4.12. The van der Waals surface area contributed by atoms with Gasteiger partial charge in [-0.05, 0) is 31.4 Å². The van der Waals surface area contributed by atoms with E-state index in [9.17, 15) is 14.7 Å². The molecule has 2 heterocycles. The van der Waals surface area contributed by atoms with Crippen LogP contribution in [0.4, 0.5) is 5.69 Å². The Morgan fingerprint density at radius 3 is 2.67 bits per heavy atom. The van der Waals surface area contributed by atoms with E-state index in [0.29, 0.717) is 23.2 Å². The Morgan fingerprint density at radius 2 is 2.11 bits per heavy atom. The van der Waals surface area contributed by atoms with Gasteiger partial charge in [-0.3, -0.25) is 4.79 Å². The first-order valence-electron chi connectivity index (χ1n) is 9.06. The lowest BCUT2D eigenvalue weighted by Gasteiger charge is -2.24. The molecule has 0 radical (unpaired) electrons. The molecule has 2 aliphatic rings. The lowest BCUT2D eigenvalue weighted by molar-refractivity contribution is 0.0695. The summed E-state index contributed by atoms with van der Waals surface area (Å²) in [6.45, 7) is 1.52. The van der Waals surface area contributed by atoms with Crippen LogP contribution in [0.2, 0.25) is 0 Å². The summed E-state index contributed by atoms with van der Waals surface area (Å²) < 4.78 is 7.62. The van der Waals surface area contributed by atoms with Crippen molar-refractivity contribution in [3.8, 4) is 5.75 Å². The number of nitrogens with zero attached hydrogens (tertiary/aromatic N) is 2. The Balaban J connectivity index is 1.91. The van der Waals surface area contributed by atoms with Gasteiger partial charge in [0.1, 0.15) is 5.56 Å². The van der Waals surface area contributed by atoms with Crippen LogP contribution in [-0.2, 0) is 0 Å². The van der Waals surface area contributed by atoms with Gasteiger partial charge in [-0.1, -0.05) is 0 Å². The van der Waals surface area contributed by atoms with E-state index < -0.39 is 16.9 Å². The third-order valence-corrected chi connectivity index (χ3v) is 5.87. The molecule has 1 aromatic carbocycles. The summed E-state index contributed by atoms with van der Waals surface area (Å²) in [6.07, 6.45) is 4.26. The van der Waals surface area contributed by atoms with Crippen LogP contribution in [0, 0.1) is 5.92 Å². The van der Waals surface area contributed by atoms with Crippen LogP contribution in [0.5, 0.6) is 5.75 Å². The van der Waals surface area contributed by atoms with Crippen LogP contribution in [-0.4, -0.2) is 41.3 Å². The van der Waals surface area contributed by atoms with Gasteiger partial charge in [-0.25, -0.2) is 4.79 Å². The van der Waals surface area contributed by atoms with Gasteiger partial charge in [-0.2, -0.15) is 0 Å². The molecule has 2 atom stereocenters. The molecule has 2 fully saturated rings. The van der Waals surface area contributed by atoms with E-state index in [4.69, 9.17) is 22.1 Å². The van der Waals surface area contributed by atoms with Crippen molar-refractivity contribution < 1.29 is 14.6 Å². The fraction of sp³-hybridized carbons (Fsp3) is 0.474. The van der Waals surface area contributed by atoms with Crippen molar-refractivity contribution in [2.75, 3.05) is 25.1 Å². The summed E-state index contributed by atoms with van der Waals surface area (Å²) in [5.74, 6) is -0.429. The Labute approximate surface area is 161 Å². The number of aromatic nitrogens is 1. The summed E-state index contributed by atoms with van der Waals surface area (Å²) in [4.78, 5) is 26.4. The Bertz CT molecular complexity index is 968. The van der Waals surface area contributed by atoms with Crippen LogP contribution in [0.15, 0.2) is 23.1 Å². The van der Waals surface area contributed by atoms with Gasteiger partial charge < -0.3 is 25.0 Å². The van der Waals surface area contributed by atoms with Gasteiger partial charge in [-0.15, -0.1) is 11.6 Å². The number of methoxy groups -OCH3 is 1. The Morgan fingerprint density at radius 1 is 1.37 bits per heavy atom. The van der Waals surface area contributed by atoms with Crippen LogP contribution in [0.1, 0.15) is 35.7 Å². The van der Waals surface area contributed by atoms with Crippen molar-refractivity contribution in [2.45, 2.75) is 30.8 Å². The molecule has 3 N–H and O–H groups in total. The molecule has 0 spiro atoms. The number of benzene rings is 1. The number of halogens is 1. The first-order valence-corrected chi connectivity index (χ1v) is 9.49. The molecule has 2 unspecified atom stereocenters. The molecule has 1 saturated heterocycles.